The number of hydrogen-bond donors (Lipinski definition) is 0. The van der Waals surface area contributed by atoms with Crippen molar-refractivity contribution >= 4 is 5.91 Å². The van der Waals surface area contributed by atoms with Gasteiger partial charge in [-0.2, -0.15) is 0 Å². The summed E-state index contributed by atoms with van der Waals surface area (Å²) in [5.41, 5.74) is 0.881. The van der Waals surface area contributed by atoms with Crippen LogP contribution < -0.4 is 18.9 Å². The Labute approximate surface area is 164 Å². The maximum absolute atomic E-state index is 12.8. The fourth-order valence-electron chi connectivity index (χ4n) is 3.19. The second-order valence-corrected chi connectivity index (χ2v) is 6.50. The van der Waals surface area contributed by atoms with Crippen molar-refractivity contribution in [3.05, 3.63) is 35.9 Å². The number of benzene rings is 1. The highest BCUT2D eigenvalue weighted by Crippen LogP contribution is 2.28. The molecule has 1 atom stereocenters. The fraction of sp³-hybridized carbons (Fsp3) is 0.450. The maximum Gasteiger partial charge on any atom is 0.233 e. The smallest absolute Gasteiger partial charge is 0.233 e. The van der Waals surface area contributed by atoms with Crippen LogP contribution in [0.5, 0.6) is 23.3 Å². The second-order valence-electron chi connectivity index (χ2n) is 6.50. The van der Waals surface area contributed by atoms with Gasteiger partial charge in [-0.3, -0.25) is 4.79 Å². The van der Waals surface area contributed by atoms with E-state index in [1.54, 1.807) is 26.4 Å². The Morgan fingerprint density at radius 2 is 1.79 bits per heavy atom. The van der Waals surface area contributed by atoms with Gasteiger partial charge in [0, 0.05) is 18.7 Å². The van der Waals surface area contributed by atoms with Crippen molar-refractivity contribution in [1.82, 2.24) is 15.1 Å². The minimum Gasteiger partial charge on any atom is -0.493 e. The summed E-state index contributed by atoms with van der Waals surface area (Å²) < 4.78 is 21.4. The molecule has 0 radical (unpaired) electrons. The Bertz CT molecular complexity index is 797. The first-order valence-corrected chi connectivity index (χ1v) is 9.16. The molecule has 1 saturated heterocycles. The molecule has 150 valence electrons. The quantitative estimate of drug-likeness (QED) is 0.719. The highest BCUT2D eigenvalue weighted by Gasteiger charge is 2.25. The molecule has 0 bridgehead atoms. The predicted molar refractivity (Wildman–Crippen MR) is 102 cm³/mol. The van der Waals surface area contributed by atoms with Crippen LogP contribution in [0.1, 0.15) is 18.4 Å². The van der Waals surface area contributed by atoms with Gasteiger partial charge >= 0.3 is 0 Å². The third kappa shape index (κ3) is 4.82. The van der Waals surface area contributed by atoms with E-state index in [0.29, 0.717) is 36.2 Å². The second kappa shape index (κ2) is 9.25. The summed E-state index contributed by atoms with van der Waals surface area (Å²) in [5, 5.41) is 7.89. The first kappa shape index (κ1) is 19.7. The van der Waals surface area contributed by atoms with E-state index in [9.17, 15) is 4.79 Å². The number of rotatable bonds is 7. The highest BCUT2D eigenvalue weighted by atomic mass is 16.5. The SMILES string of the molecule is COc1ccc(OC2CCCN(C(=O)Cc3ccc(OC)c(OC)c3)C2)nn1. The number of carbonyl (C=O) groups excluding carboxylic acids is 1. The molecule has 1 aliphatic rings. The van der Waals surface area contributed by atoms with Crippen LogP contribution in [-0.2, 0) is 11.2 Å². The van der Waals surface area contributed by atoms with Crippen molar-refractivity contribution in [1.29, 1.82) is 0 Å². The predicted octanol–water partition coefficient (Wildman–Crippen LogP) is 2.11. The van der Waals surface area contributed by atoms with E-state index < -0.39 is 0 Å². The molecule has 2 aromatic rings. The average molecular weight is 387 g/mol. The van der Waals surface area contributed by atoms with Crippen LogP contribution in [0.4, 0.5) is 0 Å². The van der Waals surface area contributed by atoms with Crippen molar-refractivity contribution in [2.75, 3.05) is 34.4 Å². The topological polar surface area (TPSA) is 83.0 Å². The van der Waals surface area contributed by atoms with Crippen molar-refractivity contribution in [3.8, 4) is 23.3 Å². The number of likely N-dealkylation sites (tertiary alicyclic amines) is 1. The van der Waals surface area contributed by atoms with E-state index in [4.69, 9.17) is 18.9 Å². The van der Waals surface area contributed by atoms with Crippen LogP contribution in [0, 0.1) is 0 Å². The van der Waals surface area contributed by atoms with E-state index in [0.717, 1.165) is 24.9 Å². The molecule has 1 unspecified atom stereocenters. The lowest BCUT2D eigenvalue weighted by Crippen LogP contribution is -2.45. The molecular weight excluding hydrogens is 362 g/mol. The zero-order valence-corrected chi connectivity index (χ0v) is 16.4. The van der Waals surface area contributed by atoms with E-state index in [-0.39, 0.29) is 12.0 Å². The van der Waals surface area contributed by atoms with E-state index in [2.05, 4.69) is 10.2 Å². The molecule has 8 heteroatoms. The highest BCUT2D eigenvalue weighted by molar-refractivity contribution is 5.79. The number of hydrogen-bond acceptors (Lipinski definition) is 7. The summed E-state index contributed by atoms with van der Waals surface area (Å²) in [6.45, 7) is 1.25. The van der Waals surface area contributed by atoms with Gasteiger partial charge in [-0.15, -0.1) is 10.2 Å². The standard InChI is InChI=1S/C20H25N3O5/c1-25-16-7-6-14(11-17(16)26-2)12-20(24)23-10-4-5-15(13-23)28-19-9-8-18(27-3)21-22-19/h6-9,11,15H,4-5,10,12-13H2,1-3H3. The van der Waals surface area contributed by atoms with Gasteiger partial charge in [-0.25, -0.2) is 0 Å². The molecule has 1 amide bonds. The number of aromatic nitrogens is 2. The Morgan fingerprint density at radius 3 is 2.46 bits per heavy atom. The van der Waals surface area contributed by atoms with Crippen LogP contribution in [0.2, 0.25) is 0 Å². The summed E-state index contributed by atoms with van der Waals surface area (Å²) in [7, 11) is 4.70. The number of carbonyl (C=O) groups is 1. The molecule has 1 aromatic carbocycles. The Morgan fingerprint density at radius 1 is 1.04 bits per heavy atom. The zero-order valence-electron chi connectivity index (χ0n) is 16.4. The Kier molecular flexibility index (Phi) is 6.52. The fourth-order valence-corrected chi connectivity index (χ4v) is 3.19. The molecule has 0 aliphatic carbocycles. The molecule has 0 spiro atoms. The maximum atomic E-state index is 12.8. The minimum atomic E-state index is -0.106. The third-order valence-electron chi connectivity index (χ3n) is 4.65. The van der Waals surface area contributed by atoms with Crippen LogP contribution in [0.15, 0.2) is 30.3 Å². The van der Waals surface area contributed by atoms with Gasteiger partial charge in [0.15, 0.2) is 11.5 Å². The molecule has 1 aromatic heterocycles. The first-order chi connectivity index (χ1) is 13.6. The van der Waals surface area contributed by atoms with Gasteiger partial charge in [0.25, 0.3) is 0 Å². The van der Waals surface area contributed by atoms with Gasteiger partial charge in [-0.05, 0) is 30.5 Å². The molecule has 0 N–H and O–H groups in total. The monoisotopic (exact) mass is 387 g/mol. The summed E-state index contributed by atoms with van der Waals surface area (Å²) in [6, 6.07) is 8.94. The van der Waals surface area contributed by atoms with Crippen molar-refractivity contribution < 1.29 is 23.7 Å². The molecule has 8 nitrogen and oxygen atoms in total. The number of amides is 1. The normalized spacial score (nSPS) is 16.4. The number of nitrogens with zero attached hydrogens (tertiary/aromatic N) is 3. The number of methoxy groups -OCH3 is 3. The molecular formula is C20H25N3O5. The van der Waals surface area contributed by atoms with E-state index in [1.165, 1.54) is 7.11 Å². The summed E-state index contributed by atoms with van der Waals surface area (Å²) in [4.78, 5) is 14.6. The van der Waals surface area contributed by atoms with Gasteiger partial charge in [-0.1, -0.05) is 6.07 Å². The van der Waals surface area contributed by atoms with Crippen molar-refractivity contribution in [2.45, 2.75) is 25.4 Å². The zero-order chi connectivity index (χ0) is 19.9. The first-order valence-electron chi connectivity index (χ1n) is 9.16. The summed E-state index contributed by atoms with van der Waals surface area (Å²) in [6.07, 6.45) is 1.95. The molecule has 0 saturated carbocycles. The van der Waals surface area contributed by atoms with E-state index in [1.807, 2.05) is 23.1 Å². The molecule has 1 fully saturated rings. The van der Waals surface area contributed by atoms with Gasteiger partial charge in [0.05, 0.1) is 34.3 Å². The van der Waals surface area contributed by atoms with E-state index >= 15 is 0 Å². The van der Waals surface area contributed by atoms with Crippen LogP contribution in [0.3, 0.4) is 0 Å². The van der Waals surface area contributed by atoms with Crippen molar-refractivity contribution in [3.63, 3.8) is 0 Å². The van der Waals surface area contributed by atoms with Gasteiger partial charge < -0.3 is 23.8 Å². The van der Waals surface area contributed by atoms with Gasteiger partial charge in [0.1, 0.15) is 6.10 Å². The molecule has 3 rings (SSSR count). The lowest BCUT2D eigenvalue weighted by Gasteiger charge is -2.32. The molecule has 28 heavy (non-hydrogen) atoms. The van der Waals surface area contributed by atoms with Crippen LogP contribution in [-0.4, -0.2) is 61.5 Å². The summed E-state index contributed by atoms with van der Waals surface area (Å²) in [5.74, 6) is 2.18. The lowest BCUT2D eigenvalue weighted by atomic mass is 10.1. The Balaban J connectivity index is 1.59. The lowest BCUT2D eigenvalue weighted by molar-refractivity contribution is -0.133. The molecule has 2 heterocycles. The third-order valence-corrected chi connectivity index (χ3v) is 4.65. The average Bonchev–Trinajstić information content (AvgIpc) is 2.74. The largest absolute Gasteiger partial charge is 0.493 e. The summed E-state index contributed by atoms with van der Waals surface area (Å²) >= 11 is 0. The van der Waals surface area contributed by atoms with Crippen molar-refractivity contribution in [2.24, 2.45) is 0 Å². The van der Waals surface area contributed by atoms with Crippen LogP contribution >= 0.6 is 0 Å². The number of ether oxygens (including phenoxy) is 4. The molecule has 1 aliphatic heterocycles. The van der Waals surface area contributed by atoms with Gasteiger partial charge in [0.2, 0.25) is 17.7 Å². The minimum absolute atomic E-state index is 0.0568. The number of piperidine rings is 1. The van der Waals surface area contributed by atoms with Crippen LogP contribution in [0.25, 0.3) is 0 Å². The Hall–Kier alpha value is -3.03.